The Kier molecular flexibility index (Phi) is 27.8. The third kappa shape index (κ3) is 15.1. The molecule has 0 aromatic rings. The molecule has 390 valence electrons. The molecular formula is C51H84O17. The zero-order chi connectivity index (χ0) is 50.9. The summed E-state index contributed by atoms with van der Waals surface area (Å²) in [5.74, 6) is -11.3. The highest BCUT2D eigenvalue weighted by Gasteiger charge is 2.81. The van der Waals surface area contributed by atoms with E-state index in [-0.39, 0.29) is 12.8 Å². The number of carbonyl (C=O) groups excluding carboxylic acids is 2. The molecule has 0 radical (unpaired) electrons. The number of Topliss-reactive ketones (excluding diaryl/α,β-unsaturated/α-hetero) is 2. The van der Waals surface area contributed by atoms with E-state index in [0.717, 1.165) is 77.0 Å². The van der Waals surface area contributed by atoms with E-state index in [2.05, 4.69) is 86.8 Å². The van der Waals surface area contributed by atoms with Gasteiger partial charge in [0.25, 0.3) is 0 Å². The average molecular weight is 969 g/mol. The minimum absolute atomic E-state index is 0.0206. The van der Waals surface area contributed by atoms with Gasteiger partial charge in [-0.3, -0.25) is 9.59 Å². The lowest BCUT2D eigenvalue weighted by Gasteiger charge is -2.61. The standard InChI is InChI=1S/C51H84O17/c1-3-5-7-9-11-13-15-17-19-21-23-25-27-29-31-33-40(55)48(63)44(59)42(57)38(35-52)67-50(48,65)46(61)47(62,37-54)51(66)49(64,45(60)43(58)39(36-53)68-51)41(56)34-32-30-28-26-24-22-20-18-16-14-12-10-8-6-4-2/h5-8,11-14,17-20,38-39,42-46,52-54,57-66H,3-4,9-10,15-16,21-37H2,1-2H3/b7-5+,8-6+,13-11+,14-12+,19-17+,20-18+/t38-,39-,42+,43+,44+,45+,46?,47?,48+,49+,50-,51-/m1/s1. The SMILES string of the molecule is CC/C=C/C/C=C/C/C=C/CCCCCCCC(=O)[C@]1(O)[C@@H](O)[C@@H](O)[C@@H](CO)O[C@]1(O)C(O)C(O)(CO)[C@@]1(O)O[C@H](CO)[C@H](O)[C@H](O)[C@@]1(O)C(=O)CCCCCCC/C=C/C/C=C/C/C=C/CC. The third-order valence-corrected chi connectivity index (χ3v) is 13.0. The molecule has 2 rings (SSSR count). The fourth-order valence-corrected chi connectivity index (χ4v) is 8.69. The second-order valence-electron chi connectivity index (χ2n) is 18.0. The second-order valence-corrected chi connectivity index (χ2v) is 18.0. The van der Waals surface area contributed by atoms with E-state index in [1.165, 1.54) is 0 Å². The third-order valence-electron chi connectivity index (χ3n) is 13.0. The first-order valence-corrected chi connectivity index (χ1v) is 24.6. The van der Waals surface area contributed by atoms with Gasteiger partial charge in [0.05, 0.1) is 19.8 Å². The fourth-order valence-electron chi connectivity index (χ4n) is 8.69. The van der Waals surface area contributed by atoms with Gasteiger partial charge in [-0.1, -0.05) is 125 Å². The topological polar surface area (TPSA) is 316 Å². The van der Waals surface area contributed by atoms with E-state index in [0.29, 0.717) is 25.7 Å². The van der Waals surface area contributed by atoms with Gasteiger partial charge in [-0.05, 0) is 77.0 Å². The number of aliphatic hydroxyl groups is 13. The van der Waals surface area contributed by atoms with Gasteiger partial charge in [-0.25, -0.2) is 0 Å². The second kappa shape index (κ2) is 30.8. The maximum absolute atomic E-state index is 14.0. The summed E-state index contributed by atoms with van der Waals surface area (Å²) in [5.41, 5.74) is -11.8. The number of unbranched alkanes of at least 4 members (excludes halogenated alkanes) is 10. The van der Waals surface area contributed by atoms with E-state index in [9.17, 15) is 76.0 Å². The number of carbonyl (C=O) groups is 2. The maximum atomic E-state index is 14.0. The van der Waals surface area contributed by atoms with Gasteiger partial charge in [0.1, 0.15) is 42.7 Å². The molecule has 0 bridgehead atoms. The Morgan fingerprint density at radius 3 is 1.29 bits per heavy atom. The van der Waals surface area contributed by atoms with Crippen LogP contribution in [-0.2, 0) is 19.1 Å². The van der Waals surface area contributed by atoms with Crippen molar-refractivity contribution in [2.45, 2.75) is 213 Å². The molecule has 2 aliphatic heterocycles. The van der Waals surface area contributed by atoms with E-state index in [1.54, 1.807) is 0 Å². The van der Waals surface area contributed by atoms with Gasteiger partial charge in [0, 0.05) is 12.8 Å². The Morgan fingerprint density at radius 1 is 0.529 bits per heavy atom. The number of allylic oxidation sites excluding steroid dienone is 12. The molecule has 0 aromatic heterocycles. The molecule has 0 saturated carbocycles. The Morgan fingerprint density at radius 2 is 0.882 bits per heavy atom. The van der Waals surface area contributed by atoms with Crippen LogP contribution in [0, 0.1) is 0 Å². The van der Waals surface area contributed by atoms with Crippen molar-refractivity contribution in [2.75, 3.05) is 19.8 Å². The van der Waals surface area contributed by atoms with Crippen LogP contribution in [0.2, 0.25) is 0 Å². The number of ketones is 2. The number of ether oxygens (including phenoxy) is 2. The molecule has 2 unspecified atom stereocenters. The number of hydrogen-bond acceptors (Lipinski definition) is 17. The first-order chi connectivity index (χ1) is 32.4. The van der Waals surface area contributed by atoms with Crippen LogP contribution in [0.25, 0.3) is 0 Å². The van der Waals surface area contributed by atoms with Crippen LogP contribution in [0.5, 0.6) is 0 Å². The van der Waals surface area contributed by atoms with Crippen LogP contribution in [0.3, 0.4) is 0 Å². The van der Waals surface area contributed by atoms with Crippen molar-refractivity contribution < 1.29 is 85.4 Å². The summed E-state index contributed by atoms with van der Waals surface area (Å²) in [6.07, 6.45) is 17.9. The van der Waals surface area contributed by atoms with Gasteiger partial charge in [-0.2, -0.15) is 0 Å². The Balaban J connectivity index is 2.26. The number of hydrogen-bond donors (Lipinski definition) is 13. The lowest BCUT2D eigenvalue weighted by atomic mass is 9.63. The van der Waals surface area contributed by atoms with Crippen molar-refractivity contribution in [3.8, 4) is 0 Å². The number of rotatable bonds is 34. The largest absolute Gasteiger partial charge is 0.394 e. The zero-order valence-corrected chi connectivity index (χ0v) is 40.2. The van der Waals surface area contributed by atoms with Gasteiger partial charge in [-0.15, -0.1) is 0 Å². The van der Waals surface area contributed by atoms with Crippen LogP contribution in [0.4, 0.5) is 0 Å². The zero-order valence-electron chi connectivity index (χ0n) is 40.2. The van der Waals surface area contributed by atoms with E-state index >= 15 is 0 Å². The summed E-state index contributed by atoms with van der Waals surface area (Å²) in [6.45, 7) is -0.401. The molecule has 2 aliphatic rings. The van der Waals surface area contributed by atoms with Gasteiger partial charge < -0.3 is 75.9 Å². The minimum Gasteiger partial charge on any atom is -0.394 e. The molecule has 12 atom stereocenters. The highest BCUT2D eigenvalue weighted by molar-refractivity contribution is 5.90. The van der Waals surface area contributed by atoms with Crippen molar-refractivity contribution in [1.29, 1.82) is 0 Å². The highest BCUT2D eigenvalue weighted by atomic mass is 16.7. The maximum Gasteiger partial charge on any atom is 0.240 e. The molecule has 0 spiro atoms. The lowest BCUT2D eigenvalue weighted by molar-refractivity contribution is -0.468. The fraction of sp³-hybridized carbons (Fsp3) is 0.725. The summed E-state index contributed by atoms with van der Waals surface area (Å²) in [5, 5.41) is 148. The molecule has 2 saturated heterocycles. The molecule has 0 aromatic carbocycles. The van der Waals surface area contributed by atoms with Crippen LogP contribution < -0.4 is 0 Å². The monoisotopic (exact) mass is 969 g/mol. The molecule has 68 heavy (non-hydrogen) atoms. The first-order valence-electron chi connectivity index (χ1n) is 24.6. The molecule has 17 heteroatoms. The molecule has 0 amide bonds. The Labute approximate surface area is 402 Å². The summed E-state index contributed by atoms with van der Waals surface area (Å²) in [4.78, 5) is 27.9. The summed E-state index contributed by atoms with van der Waals surface area (Å²) >= 11 is 0. The smallest absolute Gasteiger partial charge is 0.240 e. The average Bonchev–Trinajstić information content (AvgIpc) is 3.33. The van der Waals surface area contributed by atoms with Crippen LogP contribution in [0.1, 0.15) is 142 Å². The summed E-state index contributed by atoms with van der Waals surface area (Å²) in [7, 11) is 0. The van der Waals surface area contributed by atoms with Crippen molar-refractivity contribution in [2.24, 2.45) is 0 Å². The first kappa shape index (κ1) is 61.3. The van der Waals surface area contributed by atoms with E-state index < -0.39 is 115 Å². The molecule has 13 N–H and O–H groups in total. The predicted octanol–water partition coefficient (Wildman–Crippen LogP) is 2.45. The van der Waals surface area contributed by atoms with Crippen LogP contribution in [0.15, 0.2) is 72.9 Å². The van der Waals surface area contributed by atoms with Crippen LogP contribution >= 0.6 is 0 Å². The Bertz CT molecular complexity index is 1650. The molecule has 2 heterocycles. The normalized spacial score (nSPS) is 31.9. The van der Waals surface area contributed by atoms with Crippen LogP contribution in [-0.4, -0.2) is 169 Å². The molecule has 2 fully saturated rings. The van der Waals surface area contributed by atoms with Gasteiger partial charge in [0.15, 0.2) is 17.2 Å². The van der Waals surface area contributed by atoms with Crippen molar-refractivity contribution in [3.63, 3.8) is 0 Å². The molecule has 17 nitrogen and oxygen atoms in total. The van der Waals surface area contributed by atoms with Gasteiger partial charge in [0.2, 0.25) is 22.8 Å². The Hall–Kier alpha value is -2.82. The van der Waals surface area contributed by atoms with Crippen molar-refractivity contribution in [3.05, 3.63) is 72.9 Å². The summed E-state index contributed by atoms with van der Waals surface area (Å²) < 4.78 is 10.6. The highest BCUT2D eigenvalue weighted by Crippen LogP contribution is 2.51. The van der Waals surface area contributed by atoms with E-state index in [1.807, 2.05) is 0 Å². The molecule has 0 aliphatic carbocycles. The minimum atomic E-state index is -4.22. The van der Waals surface area contributed by atoms with Gasteiger partial charge >= 0.3 is 0 Å². The number of aliphatic hydroxyl groups excluding tert-OH is 8. The van der Waals surface area contributed by atoms with Crippen molar-refractivity contribution >= 4 is 11.6 Å². The van der Waals surface area contributed by atoms with E-state index in [4.69, 9.17) is 9.47 Å². The van der Waals surface area contributed by atoms with Crippen molar-refractivity contribution in [1.82, 2.24) is 0 Å². The quantitative estimate of drug-likeness (QED) is 0.0325. The summed E-state index contributed by atoms with van der Waals surface area (Å²) in [6, 6.07) is 0. The lowest BCUT2D eigenvalue weighted by Crippen LogP contribution is -2.89. The predicted molar refractivity (Wildman–Crippen MR) is 254 cm³/mol. The molecular weight excluding hydrogens is 885 g/mol.